The highest BCUT2D eigenvalue weighted by molar-refractivity contribution is 6.32. The van der Waals surface area contributed by atoms with Crippen molar-refractivity contribution in [2.75, 3.05) is 32.8 Å². The van der Waals surface area contributed by atoms with Gasteiger partial charge in [0.15, 0.2) is 0 Å². The lowest BCUT2D eigenvalue weighted by atomic mass is 9.77. The van der Waals surface area contributed by atoms with Crippen molar-refractivity contribution < 1.29 is 19.4 Å². The number of piperidine rings is 2. The molecule has 2 fully saturated rings. The van der Waals surface area contributed by atoms with Crippen LogP contribution in [0.2, 0.25) is 5.02 Å². The fourth-order valence-corrected chi connectivity index (χ4v) is 5.27. The Kier molecular flexibility index (Phi) is 7.71. The van der Waals surface area contributed by atoms with Crippen molar-refractivity contribution in [3.8, 4) is 5.75 Å². The molecule has 0 spiro atoms. The first-order valence-corrected chi connectivity index (χ1v) is 12.7. The molecule has 2 aromatic rings. The van der Waals surface area contributed by atoms with Gasteiger partial charge in [0, 0.05) is 48.7 Å². The minimum Gasteiger partial charge on any atom is -0.493 e. The van der Waals surface area contributed by atoms with Crippen molar-refractivity contribution >= 4 is 23.4 Å². The van der Waals surface area contributed by atoms with Gasteiger partial charge in [-0.3, -0.25) is 14.7 Å². The van der Waals surface area contributed by atoms with Crippen LogP contribution in [0.25, 0.3) is 0 Å². The predicted octanol–water partition coefficient (Wildman–Crippen LogP) is 3.66. The van der Waals surface area contributed by atoms with Crippen LogP contribution in [0.3, 0.4) is 0 Å². The van der Waals surface area contributed by atoms with Crippen LogP contribution in [0.15, 0.2) is 18.2 Å². The van der Waals surface area contributed by atoms with Gasteiger partial charge in [0.1, 0.15) is 11.4 Å². The van der Waals surface area contributed by atoms with Crippen molar-refractivity contribution in [3.63, 3.8) is 0 Å². The SMILES string of the molecule is Cc1cc(C(=O)N2CCC[C@@](COc3cc(C)c(Cl)c(C)c3)(CC(=O)N3CCC(O)CC3)C2)n[nH]1. The number of amides is 2. The van der Waals surface area contributed by atoms with E-state index >= 15 is 0 Å². The molecule has 0 aliphatic carbocycles. The largest absolute Gasteiger partial charge is 0.493 e. The van der Waals surface area contributed by atoms with E-state index in [4.69, 9.17) is 16.3 Å². The van der Waals surface area contributed by atoms with E-state index in [0.29, 0.717) is 57.1 Å². The summed E-state index contributed by atoms with van der Waals surface area (Å²) >= 11 is 6.33. The molecule has 0 radical (unpaired) electrons. The molecule has 2 amide bonds. The van der Waals surface area contributed by atoms with E-state index in [-0.39, 0.29) is 24.3 Å². The Hall–Kier alpha value is -2.58. The fourth-order valence-electron chi connectivity index (χ4n) is 5.16. The number of hydrogen-bond donors (Lipinski definition) is 2. The highest BCUT2D eigenvalue weighted by Gasteiger charge is 2.41. The number of ether oxygens (including phenoxy) is 1. The van der Waals surface area contributed by atoms with Crippen LogP contribution in [0, 0.1) is 26.2 Å². The molecule has 8 nitrogen and oxygen atoms in total. The van der Waals surface area contributed by atoms with E-state index < -0.39 is 5.41 Å². The van der Waals surface area contributed by atoms with Gasteiger partial charge in [0.2, 0.25) is 5.91 Å². The highest BCUT2D eigenvalue weighted by atomic mass is 35.5. The smallest absolute Gasteiger partial charge is 0.274 e. The lowest BCUT2D eigenvalue weighted by molar-refractivity contribution is -0.137. The minimum absolute atomic E-state index is 0.0499. The van der Waals surface area contributed by atoms with E-state index in [2.05, 4.69) is 10.2 Å². The Bertz CT molecular complexity index is 1060. The van der Waals surface area contributed by atoms with E-state index in [1.807, 2.05) is 37.8 Å². The Morgan fingerprint density at radius 2 is 1.83 bits per heavy atom. The summed E-state index contributed by atoms with van der Waals surface area (Å²) in [5.74, 6) is 0.628. The number of aromatic amines is 1. The first-order chi connectivity index (χ1) is 16.7. The molecular formula is C26H35ClN4O4. The van der Waals surface area contributed by atoms with Crippen molar-refractivity contribution in [3.05, 3.63) is 45.7 Å². The monoisotopic (exact) mass is 502 g/mol. The summed E-state index contributed by atoms with van der Waals surface area (Å²) in [5, 5.41) is 17.5. The number of likely N-dealkylation sites (tertiary alicyclic amines) is 2. The molecule has 2 aliphatic heterocycles. The van der Waals surface area contributed by atoms with Crippen LogP contribution in [-0.4, -0.2) is 75.8 Å². The summed E-state index contributed by atoms with van der Waals surface area (Å²) in [7, 11) is 0. The van der Waals surface area contributed by atoms with Crippen molar-refractivity contribution in [2.45, 2.75) is 59.0 Å². The zero-order valence-corrected chi connectivity index (χ0v) is 21.5. The summed E-state index contributed by atoms with van der Waals surface area (Å²) in [6.07, 6.45) is 2.71. The normalized spacial score (nSPS) is 21.3. The number of H-pyrrole nitrogens is 1. The molecule has 0 bridgehead atoms. The standard InChI is InChI=1S/C26H35ClN4O4/c1-17-11-21(12-18(2)24(17)27)35-16-26(14-23(33)30-9-5-20(32)6-10-30)7-4-8-31(15-26)25(34)22-13-19(3)28-29-22/h11-13,20,32H,4-10,14-16H2,1-3H3,(H,28,29)/t26-/m1/s1. The van der Waals surface area contributed by atoms with E-state index in [1.165, 1.54) is 0 Å². The van der Waals surface area contributed by atoms with E-state index in [9.17, 15) is 14.7 Å². The number of rotatable bonds is 6. The number of hydrogen-bond acceptors (Lipinski definition) is 5. The third kappa shape index (κ3) is 5.98. The Morgan fingerprint density at radius 1 is 1.14 bits per heavy atom. The molecule has 0 saturated carbocycles. The third-order valence-corrected chi connectivity index (χ3v) is 7.77. The average molecular weight is 503 g/mol. The van der Waals surface area contributed by atoms with E-state index in [1.54, 1.807) is 11.0 Å². The molecule has 190 valence electrons. The quantitative estimate of drug-likeness (QED) is 0.628. The van der Waals surface area contributed by atoms with Crippen molar-refractivity contribution in [2.24, 2.45) is 5.41 Å². The molecule has 0 unspecified atom stereocenters. The summed E-state index contributed by atoms with van der Waals surface area (Å²) in [5.41, 5.74) is 2.57. The first kappa shape index (κ1) is 25.5. The van der Waals surface area contributed by atoms with Gasteiger partial charge in [-0.2, -0.15) is 5.10 Å². The summed E-state index contributed by atoms with van der Waals surface area (Å²) in [6.45, 7) is 8.23. The van der Waals surface area contributed by atoms with Gasteiger partial charge < -0.3 is 19.6 Å². The second-order valence-electron chi connectivity index (χ2n) is 10.2. The van der Waals surface area contributed by atoms with Crippen LogP contribution in [-0.2, 0) is 4.79 Å². The average Bonchev–Trinajstić information content (AvgIpc) is 3.27. The van der Waals surface area contributed by atoms with Gasteiger partial charge >= 0.3 is 0 Å². The molecule has 1 aromatic heterocycles. The number of halogens is 1. The molecule has 35 heavy (non-hydrogen) atoms. The molecule has 2 N–H and O–H groups in total. The predicted molar refractivity (Wildman–Crippen MR) is 134 cm³/mol. The number of aromatic nitrogens is 2. The number of benzene rings is 1. The third-order valence-electron chi connectivity index (χ3n) is 7.17. The summed E-state index contributed by atoms with van der Waals surface area (Å²) in [4.78, 5) is 30.2. The molecule has 1 aromatic carbocycles. The molecule has 1 atom stereocenters. The number of nitrogens with one attached hydrogen (secondary N) is 1. The molecule has 2 aliphatic rings. The zero-order valence-electron chi connectivity index (χ0n) is 20.8. The second kappa shape index (κ2) is 10.6. The Labute approximate surface area is 211 Å². The highest BCUT2D eigenvalue weighted by Crippen LogP contribution is 2.37. The number of nitrogens with zero attached hydrogens (tertiary/aromatic N) is 3. The first-order valence-electron chi connectivity index (χ1n) is 12.3. The topological polar surface area (TPSA) is 98.8 Å². The molecule has 9 heteroatoms. The second-order valence-corrected chi connectivity index (χ2v) is 10.6. The molecule has 4 rings (SSSR count). The molecular weight excluding hydrogens is 468 g/mol. The van der Waals surface area contributed by atoms with Gasteiger partial charge in [-0.25, -0.2) is 0 Å². The lowest BCUT2D eigenvalue weighted by Gasteiger charge is -2.43. The van der Waals surface area contributed by atoms with Crippen LogP contribution in [0.1, 0.15) is 59.4 Å². The van der Waals surface area contributed by atoms with Crippen LogP contribution < -0.4 is 4.74 Å². The van der Waals surface area contributed by atoms with Gasteiger partial charge in [-0.1, -0.05) is 11.6 Å². The van der Waals surface area contributed by atoms with Gasteiger partial charge in [0.25, 0.3) is 5.91 Å². The fraction of sp³-hybridized carbons (Fsp3) is 0.577. The maximum Gasteiger partial charge on any atom is 0.274 e. The van der Waals surface area contributed by atoms with Gasteiger partial charge in [0.05, 0.1) is 12.7 Å². The Morgan fingerprint density at radius 3 is 2.46 bits per heavy atom. The minimum atomic E-state index is -0.520. The number of aliphatic hydroxyl groups excluding tert-OH is 1. The number of aliphatic hydroxyl groups is 1. The van der Waals surface area contributed by atoms with Crippen molar-refractivity contribution in [1.29, 1.82) is 0 Å². The maximum atomic E-state index is 13.3. The molecule has 3 heterocycles. The molecule has 2 saturated heterocycles. The van der Waals surface area contributed by atoms with Crippen molar-refractivity contribution in [1.82, 2.24) is 20.0 Å². The number of carbonyl (C=O) groups excluding carboxylic acids is 2. The summed E-state index contributed by atoms with van der Waals surface area (Å²) < 4.78 is 6.28. The van der Waals surface area contributed by atoms with Crippen LogP contribution in [0.4, 0.5) is 0 Å². The number of carbonyl (C=O) groups is 2. The Balaban J connectivity index is 1.54. The zero-order chi connectivity index (χ0) is 25.2. The summed E-state index contributed by atoms with van der Waals surface area (Å²) in [6, 6.07) is 5.57. The maximum absolute atomic E-state index is 13.3. The van der Waals surface area contributed by atoms with Crippen LogP contribution >= 0.6 is 11.6 Å². The van der Waals surface area contributed by atoms with E-state index in [0.717, 1.165) is 34.7 Å². The number of aryl methyl sites for hydroxylation is 3. The van der Waals surface area contributed by atoms with Gasteiger partial charge in [-0.05, 0) is 75.8 Å². The lowest BCUT2D eigenvalue weighted by Crippen LogP contribution is -2.51. The van der Waals surface area contributed by atoms with Crippen LogP contribution in [0.5, 0.6) is 5.75 Å². The van der Waals surface area contributed by atoms with Gasteiger partial charge in [-0.15, -0.1) is 0 Å².